The number of carbonyl (C=O) groups is 6. The zero-order valence-electron chi connectivity index (χ0n) is 32.5. The smallest absolute Gasteiger partial charge is 0.408 e. The van der Waals surface area contributed by atoms with Crippen LogP contribution in [0.1, 0.15) is 92.7 Å². The summed E-state index contributed by atoms with van der Waals surface area (Å²) in [5.41, 5.74) is 0.685. The molecule has 53 heavy (non-hydrogen) atoms. The summed E-state index contributed by atoms with van der Waals surface area (Å²) in [6.45, 7) is 15.9. The van der Waals surface area contributed by atoms with Gasteiger partial charge in [0.25, 0.3) is 0 Å². The standard InChI is InChI=1S/C40H58N4O9/c1-10-27(6)34(44-39(50)53-40(7,8)9)37(48)42-30(21-25(2)3)35(46)41-31(22-32(45)51-23-28-17-13-11-14-18-28)36(47)43-33(26(4)5)38(49)52-24-29-19-15-12-16-20-29/h11-20,25-27,30-31,33-34H,10,21-24H2,1-9H3,(H,41,46)(H,42,48)(H,43,47)(H,44,50)/t27-,30-,31-,33-,34-/m0/s1. The molecule has 0 saturated carbocycles. The molecule has 2 rings (SSSR count). The second kappa shape index (κ2) is 21.6. The molecule has 0 saturated heterocycles. The average molecular weight is 739 g/mol. The van der Waals surface area contributed by atoms with Crippen molar-refractivity contribution in [3.63, 3.8) is 0 Å². The monoisotopic (exact) mass is 738 g/mol. The lowest BCUT2D eigenvalue weighted by Gasteiger charge is -2.29. The molecule has 2 aromatic rings. The molecular weight excluding hydrogens is 680 g/mol. The summed E-state index contributed by atoms with van der Waals surface area (Å²) in [7, 11) is 0. The first-order valence-electron chi connectivity index (χ1n) is 18.2. The van der Waals surface area contributed by atoms with Gasteiger partial charge >= 0.3 is 18.0 Å². The zero-order chi connectivity index (χ0) is 39.7. The second-order valence-electron chi connectivity index (χ2n) is 14.9. The van der Waals surface area contributed by atoms with Crippen molar-refractivity contribution in [1.82, 2.24) is 21.3 Å². The van der Waals surface area contributed by atoms with E-state index in [9.17, 15) is 28.8 Å². The highest BCUT2D eigenvalue weighted by Crippen LogP contribution is 2.14. The predicted molar refractivity (Wildman–Crippen MR) is 200 cm³/mol. The molecule has 0 aromatic heterocycles. The molecule has 292 valence electrons. The Morgan fingerprint density at radius 3 is 1.64 bits per heavy atom. The van der Waals surface area contributed by atoms with Gasteiger partial charge in [-0.05, 0) is 56.1 Å². The van der Waals surface area contributed by atoms with E-state index in [1.165, 1.54) is 0 Å². The molecule has 0 fully saturated rings. The van der Waals surface area contributed by atoms with Crippen LogP contribution in [-0.2, 0) is 51.4 Å². The van der Waals surface area contributed by atoms with Crippen LogP contribution in [0.15, 0.2) is 60.7 Å². The summed E-state index contributed by atoms with van der Waals surface area (Å²) in [6.07, 6.45) is -0.639. The van der Waals surface area contributed by atoms with Gasteiger partial charge in [0.2, 0.25) is 17.7 Å². The predicted octanol–water partition coefficient (Wildman–Crippen LogP) is 4.96. The number of esters is 2. The van der Waals surface area contributed by atoms with Crippen molar-refractivity contribution >= 4 is 35.8 Å². The lowest BCUT2D eigenvalue weighted by Crippen LogP contribution is -2.59. The van der Waals surface area contributed by atoms with Gasteiger partial charge in [-0.3, -0.25) is 19.2 Å². The van der Waals surface area contributed by atoms with Gasteiger partial charge in [-0.25, -0.2) is 9.59 Å². The molecule has 0 spiro atoms. The van der Waals surface area contributed by atoms with Crippen molar-refractivity contribution in [3.8, 4) is 0 Å². The number of amides is 4. The van der Waals surface area contributed by atoms with Crippen molar-refractivity contribution in [2.45, 2.75) is 125 Å². The molecule has 5 atom stereocenters. The number of ether oxygens (including phenoxy) is 3. The topological polar surface area (TPSA) is 178 Å². The van der Waals surface area contributed by atoms with Crippen LogP contribution in [0.25, 0.3) is 0 Å². The molecular formula is C40H58N4O9. The van der Waals surface area contributed by atoms with Crippen LogP contribution in [0.4, 0.5) is 4.79 Å². The van der Waals surface area contributed by atoms with Crippen LogP contribution in [0.3, 0.4) is 0 Å². The minimum atomic E-state index is -1.48. The molecule has 0 aliphatic carbocycles. The molecule has 4 amide bonds. The zero-order valence-corrected chi connectivity index (χ0v) is 32.5. The van der Waals surface area contributed by atoms with Gasteiger partial charge in [-0.2, -0.15) is 0 Å². The summed E-state index contributed by atoms with van der Waals surface area (Å²) >= 11 is 0. The maximum absolute atomic E-state index is 13.9. The molecule has 0 heterocycles. The summed E-state index contributed by atoms with van der Waals surface area (Å²) in [6, 6.07) is 13.2. The van der Waals surface area contributed by atoms with E-state index < -0.39 is 77.9 Å². The Labute approximate surface area is 313 Å². The third kappa shape index (κ3) is 16.5. The molecule has 13 heteroatoms. The number of nitrogens with one attached hydrogen (secondary N) is 4. The van der Waals surface area contributed by atoms with Crippen molar-refractivity contribution in [3.05, 3.63) is 71.8 Å². The van der Waals surface area contributed by atoms with Gasteiger partial charge in [0.1, 0.15) is 43.0 Å². The minimum Gasteiger partial charge on any atom is -0.461 e. The van der Waals surface area contributed by atoms with Crippen molar-refractivity contribution in [2.24, 2.45) is 17.8 Å². The van der Waals surface area contributed by atoms with Gasteiger partial charge in [0, 0.05) is 0 Å². The Kier molecular flexibility index (Phi) is 18.0. The maximum Gasteiger partial charge on any atom is 0.408 e. The Balaban J connectivity index is 2.32. The fourth-order valence-corrected chi connectivity index (χ4v) is 5.12. The first kappa shape index (κ1) is 44.2. The van der Waals surface area contributed by atoms with Crippen LogP contribution in [0.2, 0.25) is 0 Å². The summed E-state index contributed by atoms with van der Waals surface area (Å²) in [5, 5.41) is 10.6. The van der Waals surface area contributed by atoms with Crippen LogP contribution in [0, 0.1) is 17.8 Å². The molecule has 0 radical (unpaired) electrons. The van der Waals surface area contributed by atoms with E-state index in [-0.39, 0.29) is 31.5 Å². The van der Waals surface area contributed by atoms with E-state index in [0.29, 0.717) is 6.42 Å². The molecule has 4 N–H and O–H groups in total. The third-order valence-corrected chi connectivity index (χ3v) is 8.20. The van der Waals surface area contributed by atoms with E-state index in [0.717, 1.165) is 11.1 Å². The van der Waals surface area contributed by atoms with Crippen molar-refractivity contribution in [1.29, 1.82) is 0 Å². The van der Waals surface area contributed by atoms with E-state index in [1.807, 2.05) is 45.0 Å². The summed E-state index contributed by atoms with van der Waals surface area (Å²) in [4.78, 5) is 80.3. The number of alkyl carbamates (subject to hydrolysis) is 1. The molecule has 0 aliphatic heterocycles. The van der Waals surface area contributed by atoms with Gasteiger partial charge in [-0.1, -0.05) is 109 Å². The fraction of sp³-hybridized carbons (Fsp3) is 0.550. The fourth-order valence-electron chi connectivity index (χ4n) is 5.12. The van der Waals surface area contributed by atoms with E-state index in [1.54, 1.807) is 77.9 Å². The average Bonchev–Trinajstić information content (AvgIpc) is 3.09. The Hall–Kier alpha value is -4.94. The van der Waals surface area contributed by atoms with E-state index >= 15 is 0 Å². The Morgan fingerprint density at radius 1 is 0.642 bits per heavy atom. The van der Waals surface area contributed by atoms with Gasteiger partial charge in [-0.15, -0.1) is 0 Å². The van der Waals surface area contributed by atoms with Crippen molar-refractivity contribution in [2.75, 3.05) is 0 Å². The molecule has 0 aliphatic rings. The highest BCUT2D eigenvalue weighted by Gasteiger charge is 2.35. The molecule has 2 aromatic carbocycles. The Morgan fingerprint density at radius 2 is 1.15 bits per heavy atom. The SMILES string of the molecule is CC[C@H](C)[C@H](NC(=O)OC(C)(C)C)C(=O)N[C@@H](CC(C)C)C(=O)N[C@@H](CC(=O)OCc1ccccc1)C(=O)N[C@H](C(=O)OCc1ccccc1)C(C)C. The van der Waals surface area contributed by atoms with Crippen LogP contribution < -0.4 is 21.3 Å². The van der Waals surface area contributed by atoms with Gasteiger partial charge in [0.15, 0.2) is 0 Å². The quantitative estimate of drug-likeness (QED) is 0.115. The van der Waals surface area contributed by atoms with E-state index in [4.69, 9.17) is 14.2 Å². The van der Waals surface area contributed by atoms with Crippen LogP contribution >= 0.6 is 0 Å². The molecule has 0 unspecified atom stereocenters. The number of carbonyl (C=O) groups excluding carboxylic acids is 6. The largest absolute Gasteiger partial charge is 0.461 e. The highest BCUT2D eigenvalue weighted by atomic mass is 16.6. The summed E-state index contributed by atoms with van der Waals surface area (Å²) in [5.74, 6) is -4.45. The first-order valence-corrected chi connectivity index (χ1v) is 18.2. The minimum absolute atomic E-state index is 0.0122. The lowest BCUT2D eigenvalue weighted by molar-refractivity contribution is -0.151. The van der Waals surface area contributed by atoms with Gasteiger partial charge in [0.05, 0.1) is 6.42 Å². The number of hydrogen-bond donors (Lipinski definition) is 4. The number of rotatable bonds is 19. The highest BCUT2D eigenvalue weighted by molar-refractivity contribution is 5.96. The third-order valence-electron chi connectivity index (χ3n) is 8.20. The normalized spacial score (nSPS) is 14.2. The first-order chi connectivity index (χ1) is 24.9. The number of hydrogen-bond acceptors (Lipinski definition) is 9. The molecule has 13 nitrogen and oxygen atoms in total. The lowest BCUT2D eigenvalue weighted by atomic mass is 9.96. The Bertz CT molecular complexity index is 1490. The van der Waals surface area contributed by atoms with E-state index in [2.05, 4.69) is 21.3 Å². The maximum atomic E-state index is 13.9. The van der Waals surface area contributed by atoms with Crippen LogP contribution in [0.5, 0.6) is 0 Å². The second-order valence-corrected chi connectivity index (χ2v) is 14.9. The van der Waals surface area contributed by atoms with Gasteiger partial charge < -0.3 is 35.5 Å². The number of benzene rings is 2. The van der Waals surface area contributed by atoms with Crippen LogP contribution in [-0.4, -0.2) is 65.5 Å². The summed E-state index contributed by atoms with van der Waals surface area (Å²) < 4.78 is 16.3. The van der Waals surface area contributed by atoms with Crippen molar-refractivity contribution < 1.29 is 43.0 Å². The molecule has 0 bridgehead atoms.